The van der Waals surface area contributed by atoms with Gasteiger partial charge in [0.1, 0.15) is 5.75 Å². The van der Waals surface area contributed by atoms with Crippen LogP contribution in [-0.2, 0) is 4.79 Å². The van der Waals surface area contributed by atoms with Gasteiger partial charge in [-0.3, -0.25) is 4.79 Å². The summed E-state index contributed by atoms with van der Waals surface area (Å²) in [5, 5.41) is 12.9. The highest BCUT2D eigenvalue weighted by atomic mass is 16.3. The van der Waals surface area contributed by atoms with Gasteiger partial charge in [-0.15, -0.1) is 0 Å². The van der Waals surface area contributed by atoms with Crippen LogP contribution in [0.4, 0.5) is 5.69 Å². The van der Waals surface area contributed by atoms with Gasteiger partial charge in [0, 0.05) is 12.1 Å². The summed E-state index contributed by atoms with van der Waals surface area (Å²) in [4.78, 5) is 12.3. The van der Waals surface area contributed by atoms with Gasteiger partial charge in [0.25, 0.3) is 0 Å². The minimum Gasteiger partial charge on any atom is -0.508 e. The van der Waals surface area contributed by atoms with Crippen LogP contribution in [0.2, 0.25) is 0 Å². The smallest absolute Gasteiger partial charge is 0.224 e. The average Bonchev–Trinajstić information content (AvgIpc) is 2.72. The predicted molar refractivity (Wildman–Crippen MR) is 130 cm³/mol. The number of hydrogen-bond acceptors (Lipinski definition) is 2. The second-order valence-corrected chi connectivity index (χ2v) is 9.09. The molecule has 3 nitrogen and oxygen atoms in total. The molecule has 1 rings (SSSR count). The predicted octanol–water partition coefficient (Wildman–Crippen LogP) is 8.52. The van der Waals surface area contributed by atoms with Crippen LogP contribution in [0.3, 0.4) is 0 Å². The first-order valence-electron chi connectivity index (χ1n) is 12.6. The SMILES string of the molecule is CCCCCCCCCCCCCCCCCC(=O)Nc1c(C)cc(O)c(C)c1C. The molecule has 0 aliphatic heterocycles. The quantitative estimate of drug-likeness (QED) is 0.197. The van der Waals surface area contributed by atoms with Crippen molar-refractivity contribution in [2.45, 2.75) is 130 Å². The maximum atomic E-state index is 12.3. The number of anilines is 1. The molecule has 2 N–H and O–H groups in total. The van der Waals surface area contributed by atoms with Gasteiger partial charge in [-0.1, -0.05) is 96.8 Å². The normalized spacial score (nSPS) is 11.1. The molecule has 172 valence electrons. The van der Waals surface area contributed by atoms with E-state index < -0.39 is 0 Å². The number of carbonyl (C=O) groups excluding carboxylic acids is 1. The Labute approximate surface area is 186 Å². The number of carbonyl (C=O) groups is 1. The summed E-state index contributed by atoms with van der Waals surface area (Å²) in [6, 6.07) is 1.73. The molecule has 0 atom stereocenters. The molecule has 1 amide bonds. The number of phenols is 1. The Bertz CT molecular complexity index is 609. The summed E-state index contributed by atoms with van der Waals surface area (Å²) in [5.41, 5.74) is 3.57. The van der Waals surface area contributed by atoms with Crippen LogP contribution in [0.5, 0.6) is 5.75 Å². The second-order valence-electron chi connectivity index (χ2n) is 9.09. The standard InChI is InChI=1S/C27H47NO2/c1-5-6-7-8-9-10-11-12-13-14-15-16-17-18-19-20-26(30)28-27-22(2)21-25(29)23(3)24(27)4/h21,29H,5-20H2,1-4H3,(H,28,30). The van der Waals surface area contributed by atoms with Crippen molar-refractivity contribution in [3.63, 3.8) is 0 Å². The first kappa shape index (κ1) is 26.5. The van der Waals surface area contributed by atoms with Gasteiger partial charge < -0.3 is 10.4 Å². The zero-order chi connectivity index (χ0) is 22.2. The lowest BCUT2D eigenvalue weighted by molar-refractivity contribution is -0.116. The average molecular weight is 418 g/mol. The maximum absolute atomic E-state index is 12.3. The summed E-state index contributed by atoms with van der Waals surface area (Å²) in [6.07, 6.45) is 20.6. The molecular formula is C27H47NO2. The molecule has 0 aromatic heterocycles. The van der Waals surface area contributed by atoms with E-state index in [1.807, 2.05) is 20.8 Å². The second kappa shape index (κ2) is 16.2. The number of aryl methyl sites for hydroxylation is 1. The molecular weight excluding hydrogens is 370 g/mol. The maximum Gasteiger partial charge on any atom is 0.224 e. The van der Waals surface area contributed by atoms with E-state index in [0.29, 0.717) is 12.2 Å². The highest BCUT2D eigenvalue weighted by Crippen LogP contribution is 2.30. The first-order valence-corrected chi connectivity index (χ1v) is 12.6. The van der Waals surface area contributed by atoms with E-state index in [1.54, 1.807) is 6.07 Å². The van der Waals surface area contributed by atoms with Gasteiger partial charge in [0.05, 0.1) is 0 Å². The monoisotopic (exact) mass is 417 g/mol. The third kappa shape index (κ3) is 11.0. The largest absolute Gasteiger partial charge is 0.508 e. The van der Waals surface area contributed by atoms with Gasteiger partial charge in [0.15, 0.2) is 0 Å². The van der Waals surface area contributed by atoms with E-state index in [9.17, 15) is 9.90 Å². The molecule has 1 aromatic carbocycles. The number of amides is 1. The molecule has 0 spiro atoms. The molecule has 30 heavy (non-hydrogen) atoms. The lowest BCUT2D eigenvalue weighted by Crippen LogP contribution is -2.13. The number of benzene rings is 1. The number of rotatable bonds is 17. The van der Waals surface area contributed by atoms with Crippen LogP contribution < -0.4 is 5.32 Å². The van der Waals surface area contributed by atoms with Crippen molar-refractivity contribution >= 4 is 11.6 Å². The van der Waals surface area contributed by atoms with Crippen molar-refractivity contribution in [3.05, 3.63) is 22.8 Å². The van der Waals surface area contributed by atoms with Crippen molar-refractivity contribution in [1.29, 1.82) is 0 Å². The van der Waals surface area contributed by atoms with Crippen LogP contribution in [-0.4, -0.2) is 11.0 Å². The van der Waals surface area contributed by atoms with Crippen molar-refractivity contribution < 1.29 is 9.90 Å². The molecule has 0 aliphatic carbocycles. The van der Waals surface area contributed by atoms with Crippen molar-refractivity contribution in [1.82, 2.24) is 0 Å². The lowest BCUT2D eigenvalue weighted by Gasteiger charge is -2.15. The topological polar surface area (TPSA) is 49.3 Å². The number of nitrogens with one attached hydrogen (secondary N) is 1. The van der Waals surface area contributed by atoms with Crippen LogP contribution in [0.1, 0.15) is 126 Å². The Morgan fingerprint density at radius 2 is 1.17 bits per heavy atom. The van der Waals surface area contributed by atoms with Crippen molar-refractivity contribution in [3.8, 4) is 5.75 Å². The zero-order valence-corrected chi connectivity index (χ0v) is 20.2. The molecule has 0 heterocycles. The van der Waals surface area contributed by atoms with E-state index in [-0.39, 0.29) is 5.91 Å². The van der Waals surface area contributed by atoms with Crippen LogP contribution in [0, 0.1) is 20.8 Å². The van der Waals surface area contributed by atoms with E-state index in [1.165, 1.54) is 83.5 Å². The lowest BCUT2D eigenvalue weighted by atomic mass is 10.0. The number of aromatic hydroxyl groups is 1. The summed E-state index contributed by atoms with van der Waals surface area (Å²) < 4.78 is 0. The molecule has 0 aliphatic rings. The summed E-state index contributed by atoms with van der Waals surface area (Å²) in [7, 11) is 0. The summed E-state index contributed by atoms with van der Waals surface area (Å²) >= 11 is 0. The minimum atomic E-state index is 0.0842. The molecule has 0 saturated carbocycles. The number of hydrogen-bond donors (Lipinski definition) is 2. The summed E-state index contributed by atoms with van der Waals surface area (Å²) in [6.45, 7) is 8.04. The molecule has 3 heteroatoms. The molecule has 1 aromatic rings. The fourth-order valence-corrected chi connectivity index (χ4v) is 4.11. The van der Waals surface area contributed by atoms with E-state index >= 15 is 0 Å². The summed E-state index contributed by atoms with van der Waals surface area (Å²) in [5.74, 6) is 0.381. The molecule has 0 saturated heterocycles. The highest BCUT2D eigenvalue weighted by Gasteiger charge is 2.12. The molecule has 0 bridgehead atoms. The Kier molecular flexibility index (Phi) is 14.3. The van der Waals surface area contributed by atoms with Crippen LogP contribution >= 0.6 is 0 Å². The van der Waals surface area contributed by atoms with Crippen LogP contribution in [0.25, 0.3) is 0 Å². The van der Waals surface area contributed by atoms with Crippen molar-refractivity contribution in [2.24, 2.45) is 0 Å². The van der Waals surface area contributed by atoms with Gasteiger partial charge in [0.2, 0.25) is 5.91 Å². The van der Waals surface area contributed by atoms with Crippen molar-refractivity contribution in [2.75, 3.05) is 5.32 Å². The van der Waals surface area contributed by atoms with E-state index in [4.69, 9.17) is 0 Å². The molecule has 0 unspecified atom stereocenters. The van der Waals surface area contributed by atoms with E-state index in [0.717, 1.165) is 35.2 Å². The zero-order valence-electron chi connectivity index (χ0n) is 20.2. The Morgan fingerprint density at radius 1 is 0.733 bits per heavy atom. The number of phenolic OH excluding ortho intramolecular Hbond substituents is 1. The van der Waals surface area contributed by atoms with Crippen LogP contribution in [0.15, 0.2) is 6.07 Å². The fraction of sp³-hybridized carbons (Fsp3) is 0.741. The highest BCUT2D eigenvalue weighted by molar-refractivity contribution is 5.92. The Hall–Kier alpha value is -1.51. The third-order valence-electron chi connectivity index (χ3n) is 6.34. The molecule has 0 radical (unpaired) electrons. The Balaban J connectivity index is 1.99. The van der Waals surface area contributed by atoms with Gasteiger partial charge in [-0.05, 0) is 49.9 Å². The molecule has 0 fully saturated rings. The minimum absolute atomic E-state index is 0.0842. The number of unbranched alkanes of at least 4 members (excludes halogenated alkanes) is 14. The van der Waals surface area contributed by atoms with Gasteiger partial charge in [-0.25, -0.2) is 0 Å². The first-order chi connectivity index (χ1) is 14.5. The fourth-order valence-electron chi connectivity index (χ4n) is 4.11. The Morgan fingerprint density at radius 3 is 1.63 bits per heavy atom. The van der Waals surface area contributed by atoms with Gasteiger partial charge >= 0.3 is 0 Å². The van der Waals surface area contributed by atoms with Gasteiger partial charge in [-0.2, -0.15) is 0 Å². The third-order valence-corrected chi connectivity index (χ3v) is 6.34. The van der Waals surface area contributed by atoms with E-state index in [2.05, 4.69) is 12.2 Å².